The second-order valence-corrected chi connectivity index (χ2v) is 12.7. The summed E-state index contributed by atoms with van der Waals surface area (Å²) in [5.41, 5.74) is 3.87. The number of fused-ring (bicyclic) bond motifs is 1. The number of aliphatic hydroxyl groups excluding tert-OH is 1. The highest BCUT2D eigenvalue weighted by atomic mass is 32.2. The van der Waals surface area contributed by atoms with Crippen LogP contribution in [-0.4, -0.2) is 58.5 Å². The smallest absolute Gasteiger partial charge is 0.237 e. The molecule has 2 aliphatic heterocycles. The fourth-order valence-electron chi connectivity index (χ4n) is 4.94. The van der Waals surface area contributed by atoms with Crippen molar-refractivity contribution in [3.8, 4) is 0 Å². The van der Waals surface area contributed by atoms with E-state index in [0.717, 1.165) is 31.6 Å². The number of benzene rings is 2. The molecule has 1 amide bonds. The van der Waals surface area contributed by atoms with E-state index >= 15 is 0 Å². The summed E-state index contributed by atoms with van der Waals surface area (Å²) in [7, 11) is 0. The van der Waals surface area contributed by atoms with Crippen LogP contribution in [-0.2, 0) is 21.8 Å². The molecule has 3 aliphatic rings. The van der Waals surface area contributed by atoms with Crippen molar-refractivity contribution < 1.29 is 14.7 Å². The average molecular weight is 528 g/mol. The van der Waals surface area contributed by atoms with Crippen LogP contribution in [0.15, 0.2) is 53.4 Å². The lowest BCUT2D eigenvalue weighted by atomic mass is 9.97. The Balaban J connectivity index is 1.24. The first kappa shape index (κ1) is 26.1. The fourth-order valence-corrected chi connectivity index (χ4v) is 7.51. The number of aryl methyl sites for hydroxylation is 1. The van der Waals surface area contributed by atoms with Crippen molar-refractivity contribution in [2.45, 2.75) is 71.9 Å². The third kappa shape index (κ3) is 6.65. The first-order valence-corrected chi connectivity index (χ1v) is 15.0. The summed E-state index contributed by atoms with van der Waals surface area (Å²) in [5, 5.41) is 19.3. The number of aliphatic hydroxyl groups is 1. The standard InChI is InChI=1S/C28H37N3O3S2/c1-2-20-9-10-25-22(15-20)23(16-28(36-25)11-12-28)29-17-24(32)27(35-19-21-7-4-3-5-8-21)30-26(33)18-31-13-6-14-34-31/h3-5,7-10,15,23-24,27,29,32H,2,6,11-14,16-19H2,1H3,(H,30,33)/t23-,24+,27-/m0/s1. The number of carbonyl (C=O) groups excluding carboxylic acids is 1. The minimum Gasteiger partial charge on any atom is -0.389 e. The third-order valence-electron chi connectivity index (χ3n) is 7.21. The number of rotatable bonds is 11. The van der Waals surface area contributed by atoms with Crippen LogP contribution >= 0.6 is 23.5 Å². The van der Waals surface area contributed by atoms with Gasteiger partial charge in [-0.25, -0.2) is 0 Å². The molecule has 0 unspecified atom stereocenters. The van der Waals surface area contributed by atoms with Gasteiger partial charge in [-0.2, -0.15) is 5.06 Å². The van der Waals surface area contributed by atoms with Gasteiger partial charge in [0.2, 0.25) is 5.91 Å². The van der Waals surface area contributed by atoms with E-state index in [4.69, 9.17) is 4.84 Å². The summed E-state index contributed by atoms with van der Waals surface area (Å²) >= 11 is 3.61. The lowest BCUT2D eigenvalue weighted by molar-refractivity contribution is -0.142. The molecule has 3 atom stereocenters. The Morgan fingerprint density at radius 1 is 1.25 bits per heavy atom. The molecule has 3 N–H and O–H groups in total. The maximum atomic E-state index is 12.8. The van der Waals surface area contributed by atoms with E-state index in [1.165, 1.54) is 34.4 Å². The highest BCUT2D eigenvalue weighted by Crippen LogP contribution is 2.60. The number of amides is 1. The van der Waals surface area contributed by atoms with Gasteiger partial charge in [0.05, 0.1) is 12.7 Å². The molecule has 1 saturated heterocycles. The fraction of sp³-hybridized carbons (Fsp3) is 0.536. The zero-order valence-corrected chi connectivity index (χ0v) is 22.6. The molecule has 2 fully saturated rings. The normalized spacial score (nSPS) is 22.2. The van der Waals surface area contributed by atoms with Crippen LogP contribution in [0.2, 0.25) is 0 Å². The molecule has 1 spiro atoms. The van der Waals surface area contributed by atoms with Gasteiger partial charge in [-0.05, 0) is 54.9 Å². The molecular weight excluding hydrogens is 490 g/mol. The molecule has 5 rings (SSSR count). The average Bonchev–Trinajstić information content (AvgIpc) is 3.43. The molecule has 36 heavy (non-hydrogen) atoms. The van der Waals surface area contributed by atoms with E-state index in [2.05, 4.69) is 47.9 Å². The summed E-state index contributed by atoms with van der Waals surface area (Å²) in [4.78, 5) is 19.6. The summed E-state index contributed by atoms with van der Waals surface area (Å²) in [6, 6.07) is 17.3. The van der Waals surface area contributed by atoms with Crippen LogP contribution < -0.4 is 10.6 Å². The summed E-state index contributed by atoms with van der Waals surface area (Å²) < 4.78 is 0.356. The minimum absolute atomic E-state index is 0.120. The molecule has 1 aliphatic carbocycles. The van der Waals surface area contributed by atoms with E-state index in [9.17, 15) is 9.90 Å². The van der Waals surface area contributed by atoms with Gasteiger partial charge >= 0.3 is 0 Å². The van der Waals surface area contributed by atoms with Gasteiger partial charge in [-0.3, -0.25) is 9.63 Å². The lowest BCUT2D eigenvalue weighted by Crippen LogP contribution is -2.48. The molecule has 0 radical (unpaired) electrons. The van der Waals surface area contributed by atoms with Crippen LogP contribution in [0.25, 0.3) is 0 Å². The topological polar surface area (TPSA) is 73.8 Å². The number of nitrogens with zero attached hydrogens (tertiary/aromatic N) is 1. The van der Waals surface area contributed by atoms with Gasteiger partial charge in [0, 0.05) is 34.5 Å². The van der Waals surface area contributed by atoms with Crippen molar-refractivity contribution in [3.63, 3.8) is 0 Å². The van der Waals surface area contributed by atoms with E-state index in [1.54, 1.807) is 16.8 Å². The van der Waals surface area contributed by atoms with Crippen LogP contribution in [0.1, 0.15) is 55.3 Å². The second-order valence-electron chi connectivity index (χ2n) is 10.1. The first-order valence-electron chi connectivity index (χ1n) is 13.1. The Morgan fingerprint density at radius 2 is 2.08 bits per heavy atom. The highest BCUT2D eigenvalue weighted by molar-refractivity contribution is 8.01. The van der Waals surface area contributed by atoms with Crippen LogP contribution in [0, 0.1) is 0 Å². The maximum absolute atomic E-state index is 12.8. The number of carbonyl (C=O) groups is 1. The van der Waals surface area contributed by atoms with Gasteiger partial charge in [0.25, 0.3) is 0 Å². The third-order valence-corrected chi connectivity index (χ3v) is 10.1. The van der Waals surface area contributed by atoms with E-state index in [0.29, 0.717) is 17.9 Å². The molecule has 6 nitrogen and oxygen atoms in total. The Labute approximate surface area is 222 Å². The van der Waals surface area contributed by atoms with Crippen molar-refractivity contribution in [1.82, 2.24) is 15.7 Å². The quantitative estimate of drug-likeness (QED) is 0.377. The number of hydrogen-bond donors (Lipinski definition) is 3. The number of nitrogens with one attached hydrogen (secondary N) is 2. The van der Waals surface area contributed by atoms with Crippen molar-refractivity contribution in [2.24, 2.45) is 0 Å². The first-order chi connectivity index (χ1) is 17.5. The van der Waals surface area contributed by atoms with Gasteiger partial charge in [-0.15, -0.1) is 23.5 Å². The molecule has 2 aromatic carbocycles. The minimum atomic E-state index is -0.718. The van der Waals surface area contributed by atoms with Crippen molar-refractivity contribution >= 4 is 29.4 Å². The Bertz CT molecular complexity index is 1030. The van der Waals surface area contributed by atoms with Gasteiger partial charge < -0.3 is 15.7 Å². The van der Waals surface area contributed by atoms with Crippen molar-refractivity contribution in [3.05, 3.63) is 65.2 Å². The van der Waals surface area contributed by atoms with Crippen molar-refractivity contribution in [2.75, 3.05) is 26.2 Å². The largest absolute Gasteiger partial charge is 0.389 e. The molecule has 2 aromatic rings. The molecular formula is C28H37N3O3S2. The van der Waals surface area contributed by atoms with Crippen LogP contribution in [0.4, 0.5) is 0 Å². The predicted molar refractivity (Wildman–Crippen MR) is 147 cm³/mol. The summed E-state index contributed by atoms with van der Waals surface area (Å²) in [6.07, 6.45) is 4.85. The molecule has 8 heteroatoms. The zero-order chi connectivity index (χ0) is 25.0. The molecule has 2 heterocycles. The molecule has 194 valence electrons. The second kappa shape index (κ2) is 11.9. The molecule has 0 bridgehead atoms. The number of hydrogen-bond acceptors (Lipinski definition) is 7. The Morgan fingerprint density at radius 3 is 2.81 bits per heavy atom. The van der Waals surface area contributed by atoms with Crippen LogP contribution in [0.3, 0.4) is 0 Å². The SMILES string of the molecule is CCc1ccc2c(c1)[C@@H](NC[C@@H](O)[C@@H](NC(=O)CN1CCCO1)SCc1ccccc1)CC1(CC1)S2. The van der Waals surface area contributed by atoms with Gasteiger partial charge in [0.15, 0.2) is 0 Å². The predicted octanol–water partition coefficient (Wildman–Crippen LogP) is 4.28. The zero-order valence-electron chi connectivity index (χ0n) is 20.9. The molecule has 0 aromatic heterocycles. The van der Waals surface area contributed by atoms with Crippen LogP contribution in [0.5, 0.6) is 0 Å². The van der Waals surface area contributed by atoms with Crippen molar-refractivity contribution in [1.29, 1.82) is 0 Å². The maximum Gasteiger partial charge on any atom is 0.237 e. The number of hydroxylamine groups is 2. The monoisotopic (exact) mass is 527 g/mol. The molecule has 1 saturated carbocycles. The summed E-state index contributed by atoms with van der Waals surface area (Å²) in [6.45, 7) is 4.23. The lowest BCUT2D eigenvalue weighted by Gasteiger charge is -2.34. The van der Waals surface area contributed by atoms with Gasteiger partial charge in [-0.1, -0.05) is 49.4 Å². The number of thioether (sulfide) groups is 2. The van der Waals surface area contributed by atoms with E-state index in [-0.39, 0.29) is 18.5 Å². The highest BCUT2D eigenvalue weighted by Gasteiger charge is 2.48. The van der Waals surface area contributed by atoms with E-state index in [1.807, 2.05) is 30.0 Å². The van der Waals surface area contributed by atoms with E-state index < -0.39 is 11.5 Å². The summed E-state index contributed by atoms with van der Waals surface area (Å²) in [5.74, 6) is 0.597. The Kier molecular flexibility index (Phi) is 8.60. The van der Waals surface area contributed by atoms with Gasteiger partial charge in [0.1, 0.15) is 11.9 Å². The Hall–Kier alpha value is -1.55.